The Morgan fingerprint density at radius 3 is 3.05 bits per heavy atom. The molecule has 0 aliphatic carbocycles. The van der Waals surface area contributed by atoms with Gasteiger partial charge in [0, 0.05) is 23.7 Å². The number of phenols is 1. The number of morpholine rings is 1. The number of amides is 1. The molecule has 0 radical (unpaired) electrons. The van der Waals surface area contributed by atoms with E-state index >= 15 is 0 Å². The molecule has 2 aliphatic rings. The molecular weight excluding hydrogens is 315 g/mol. The molecule has 0 bridgehead atoms. The van der Waals surface area contributed by atoms with Crippen LogP contribution in [-0.2, 0) is 16.0 Å². The van der Waals surface area contributed by atoms with Crippen molar-refractivity contribution in [3.05, 3.63) is 28.3 Å². The van der Waals surface area contributed by atoms with E-state index in [9.17, 15) is 9.90 Å². The van der Waals surface area contributed by atoms with E-state index in [4.69, 9.17) is 16.3 Å². The Hall–Kier alpha value is -1.01. The molecule has 1 saturated heterocycles. The monoisotopic (exact) mass is 332 g/mol. The molecule has 1 amide bonds. The van der Waals surface area contributed by atoms with Crippen molar-refractivity contribution in [3.8, 4) is 5.75 Å². The van der Waals surface area contributed by atoms with Gasteiger partial charge in [0.05, 0.1) is 12.6 Å². The zero-order valence-corrected chi connectivity index (χ0v) is 13.0. The molecule has 1 aromatic carbocycles. The van der Waals surface area contributed by atoms with E-state index in [1.165, 1.54) is 0 Å². The topological polar surface area (TPSA) is 61.8 Å². The molecule has 1 fully saturated rings. The van der Waals surface area contributed by atoms with Gasteiger partial charge < -0.3 is 20.1 Å². The molecule has 2 N–H and O–H groups in total. The number of carbonyl (C=O) groups excluding carboxylic acids is 1. The van der Waals surface area contributed by atoms with E-state index in [1.54, 1.807) is 17.0 Å². The molecule has 116 valence electrons. The first-order chi connectivity index (χ1) is 9.66. The molecule has 2 heterocycles. The zero-order chi connectivity index (χ0) is 14.1. The van der Waals surface area contributed by atoms with Crippen LogP contribution in [-0.4, -0.2) is 48.8 Å². The number of rotatable bonds is 2. The highest BCUT2D eigenvalue weighted by Gasteiger charge is 2.29. The van der Waals surface area contributed by atoms with Gasteiger partial charge in [-0.1, -0.05) is 11.6 Å². The van der Waals surface area contributed by atoms with Crippen molar-refractivity contribution in [2.45, 2.75) is 12.5 Å². The number of carbonyl (C=O) groups is 1. The van der Waals surface area contributed by atoms with Gasteiger partial charge >= 0.3 is 0 Å². The molecule has 0 spiro atoms. The number of ether oxygens (including phenoxy) is 1. The summed E-state index contributed by atoms with van der Waals surface area (Å²) in [5.41, 5.74) is 1.80. The first-order valence-corrected chi connectivity index (χ1v) is 7.14. The average molecular weight is 333 g/mol. The molecule has 1 unspecified atom stereocenters. The highest BCUT2D eigenvalue weighted by atomic mass is 35.5. The SMILES string of the molecule is Cl.O=C1COCCN1CC1NCCc2c(Cl)ccc(O)c21. The second-order valence-electron chi connectivity index (χ2n) is 5.11. The number of nitrogens with zero attached hydrogens (tertiary/aromatic N) is 1. The Morgan fingerprint density at radius 2 is 2.29 bits per heavy atom. The van der Waals surface area contributed by atoms with Gasteiger partial charge in [0.15, 0.2) is 0 Å². The number of benzene rings is 1. The van der Waals surface area contributed by atoms with E-state index in [2.05, 4.69) is 5.32 Å². The smallest absolute Gasteiger partial charge is 0.248 e. The van der Waals surface area contributed by atoms with Crippen LogP contribution >= 0.6 is 24.0 Å². The van der Waals surface area contributed by atoms with Gasteiger partial charge in [-0.3, -0.25) is 4.79 Å². The molecule has 2 aliphatic heterocycles. The summed E-state index contributed by atoms with van der Waals surface area (Å²) in [5.74, 6) is 0.231. The highest BCUT2D eigenvalue weighted by molar-refractivity contribution is 6.31. The van der Waals surface area contributed by atoms with Crippen LogP contribution in [0.1, 0.15) is 17.2 Å². The fourth-order valence-corrected chi connectivity index (χ4v) is 3.12. The maximum absolute atomic E-state index is 11.8. The molecule has 1 aromatic rings. The van der Waals surface area contributed by atoms with E-state index in [-0.39, 0.29) is 36.7 Å². The maximum atomic E-state index is 11.8. The van der Waals surface area contributed by atoms with E-state index in [0.29, 0.717) is 24.7 Å². The summed E-state index contributed by atoms with van der Waals surface area (Å²) in [7, 11) is 0. The fraction of sp³-hybridized carbons (Fsp3) is 0.500. The van der Waals surface area contributed by atoms with Gasteiger partial charge in [-0.25, -0.2) is 0 Å². The summed E-state index contributed by atoms with van der Waals surface area (Å²) in [6, 6.07) is 3.25. The summed E-state index contributed by atoms with van der Waals surface area (Å²) < 4.78 is 5.13. The predicted molar refractivity (Wildman–Crippen MR) is 82.2 cm³/mol. The first-order valence-electron chi connectivity index (χ1n) is 6.76. The van der Waals surface area contributed by atoms with Gasteiger partial charge in [0.25, 0.3) is 0 Å². The lowest BCUT2D eigenvalue weighted by Gasteiger charge is -2.34. The number of phenolic OH excluding ortho intramolecular Hbond substituents is 1. The number of aromatic hydroxyl groups is 1. The lowest BCUT2D eigenvalue weighted by Crippen LogP contribution is -2.47. The van der Waals surface area contributed by atoms with E-state index in [0.717, 1.165) is 24.1 Å². The lowest BCUT2D eigenvalue weighted by atomic mass is 9.93. The van der Waals surface area contributed by atoms with Crippen LogP contribution in [0.5, 0.6) is 5.75 Å². The van der Waals surface area contributed by atoms with Crippen molar-refractivity contribution < 1.29 is 14.6 Å². The van der Waals surface area contributed by atoms with E-state index < -0.39 is 0 Å². The average Bonchev–Trinajstić information content (AvgIpc) is 2.45. The summed E-state index contributed by atoms with van der Waals surface area (Å²) in [6.45, 7) is 2.62. The Labute approximate surface area is 134 Å². The highest BCUT2D eigenvalue weighted by Crippen LogP contribution is 2.36. The van der Waals surface area contributed by atoms with Crippen LogP contribution in [0.3, 0.4) is 0 Å². The summed E-state index contributed by atoms with van der Waals surface area (Å²) >= 11 is 6.21. The van der Waals surface area contributed by atoms with E-state index in [1.807, 2.05) is 0 Å². The number of halogens is 2. The molecule has 5 nitrogen and oxygen atoms in total. The van der Waals surface area contributed by atoms with Crippen molar-refractivity contribution in [1.29, 1.82) is 0 Å². The summed E-state index contributed by atoms with van der Waals surface area (Å²) in [5, 5.41) is 14.2. The lowest BCUT2D eigenvalue weighted by molar-refractivity contribution is -0.143. The minimum atomic E-state index is -0.0838. The van der Waals surface area contributed by atoms with Crippen molar-refractivity contribution >= 4 is 29.9 Å². The number of hydrogen-bond donors (Lipinski definition) is 2. The van der Waals surface area contributed by atoms with Gasteiger partial charge in [0.2, 0.25) is 5.91 Å². The Balaban J connectivity index is 0.00000161. The minimum Gasteiger partial charge on any atom is -0.508 e. The van der Waals surface area contributed by atoms with Crippen molar-refractivity contribution in [2.24, 2.45) is 0 Å². The van der Waals surface area contributed by atoms with Crippen molar-refractivity contribution in [3.63, 3.8) is 0 Å². The number of fused-ring (bicyclic) bond motifs is 1. The fourth-order valence-electron chi connectivity index (χ4n) is 2.86. The zero-order valence-electron chi connectivity index (χ0n) is 11.5. The van der Waals surface area contributed by atoms with Crippen LogP contribution in [0.15, 0.2) is 12.1 Å². The Morgan fingerprint density at radius 1 is 1.48 bits per heavy atom. The Kier molecular flexibility index (Phi) is 5.32. The molecule has 3 rings (SSSR count). The molecule has 0 saturated carbocycles. The third-order valence-corrected chi connectivity index (χ3v) is 4.23. The largest absolute Gasteiger partial charge is 0.508 e. The molecule has 7 heteroatoms. The second kappa shape index (κ2) is 6.83. The normalized spacial score (nSPS) is 21.7. The van der Waals surface area contributed by atoms with Gasteiger partial charge in [-0.15, -0.1) is 12.4 Å². The molecule has 21 heavy (non-hydrogen) atoms. The quantitative estimate of drug-likeness (QED) is 0.861. The predicted octanol–water partition coefficient (Wildman–Crippen LogP) is 1.51. The third-order valence-electron chi connectivity index (χ3n) is 3.88. The summed E-state index contributed by atoms with van der Waals surface area (Å²) in [6.07, 6.45) is 0.788. The third kappa shape index (κ3) is 3.26. The Bertz CT molecular complexity index is 539. The van der Waals surface area contributed by atoms with Crippen LogP contribution in [0, 0.1) is 0 Å². The molecule has 0 aromatic heterocycles. The first kappa shape index (κ1) is 16.4. The minimum absolute atomic E-state index is 0. The number of nitrogens with one attached hydrogen (secondary N) is 1. The van der Waals surface area contributed by atoms with Crippen LogP contribution in [0.4, 0.5) is 0 Å². The molecular formula is C14H18Cl2N2O3. The van der Waals surface area contributed by atoms with Crippen LogP contribution in [0.2, 0.25) is 5.02 Å². The van der Waals surface area contributed by atoms with Crippen molar-refractivity contribution in [1.82, 2.24) is 10.2 Å². The van der Waals surface area contributed by atoms with Crippen LogP contribution in [0.25, 0.3) is 0 Å². The summed E-state index contributed by atoms with van der Waals surface area (Å²) in [4.78, 5) is 13.6. The standard InChI is InChI=1S/C14H17ClN2O3.ClH/c15-10-1-2-12(18)14-9(10)3-4-16-11(14)7-17-5-6-20-8-13(17)19;/h1-2,11,16,18H,3-8H2;1H. The van der Waals surface area contributed by atoms with Crippen LogP contribution < -0.4 is 5.32 Å². The number of hydrogen-bond acceptors (Lipinski definition) is 4. The van der Waals surface area contributed by atoms with Crippen molar-refractivity contribution in [2.75, 3.05) is 32.8 Å². The van der Waals surface area contributed by atoms with Gasteiger partial charge in [0.1, 0.15) is 12.4 Å². The molecule has 1 atom stereocenters. The van der Waals surface area contributed by atoms with Gasteiger partial charge in [-0.05, 0) is 30.7 Å². The second-order valence-corrected chi connectivity index (χ2v) is 5.51. The van der Waals surface area contributed by atoms with Gasteiger partial charge in [-0.2, -0.15) is 0 Å². The maximum Gasteiger partial charge on any atom is 0.248 e.